The van der Waals surface area contributed by atoms with Crippen molar-refractivity contribution in [3.8, 4) is 11.8 Å². The number of nitrogens with zero attached hydrogens (tertiary/aromatic N) is 2. The predicted molar refractivity (Wildman–Crippen MR) is 102 cm³/mol. The Hall–Kier alpha value is -2.84. The molecule has 1 N–H and O–H groups in total. The summed E-state index contributed by atoms with van der Waals surface area (Å²) in [6.07, 6.45) is 0. The van der Waals surface area contributed by atoms with Crippen LogP contribution in [0, 0.1) is 11.3 Å². The quantitative estimate of drug-likeness (QED) is 0.832. The van der Waals surface area contributed by atoms with Gasteiger partial charge in [-0.25, -0.2) is 0 Å². The van der Waals surface area contributed by atoms with Crippen molar-refractivity contribution in [1.82, 2.24) is 10.2 Å². The minimum atomic E-state index is -1.01. The van der Waals surface area contributed by atoms with Crippen LogP contribution in [0.2, 0.25) is 0 Å². The number of benzene rings is 2. The second-order valence-corrected chi connectivity index (χ2v) is 6.99. The first kappa shape index (κ1) is 19.5. The molecule has 0 atom stereocenters. The lowest BCUT2D eigenvalue weighted by molar-refractivity contribution is -0.134. The van der Waals surface area contributed by atoms with Crippen molar-refractivity contribution < 1.29 is 9.53 Å². The number of ether oxygens (including phenoxy) is 1. The number of hydrogen-bond acceptors (Lipinski definition) is 4. The normalized spacial score (nSPS) is 11.1. The van der Waals surface area contributed by atoms with Gasteiger partial charge in [0, 0.05) is 13.1 Å². The zero-order valence-electron chi connectivity index (χ0n) is 15.7. The van der Waals surface area contributed by atoms with Crippen LogP contribution in [0.25, 0.3) is 0 Å². The first-order valence-corrected chi connectivity index (χ1v) is 8.50. The highest BCUT2D eigenvalue weighted by Crippen LogP contribution is 2.19. The van der Waals surface area contributed by atoms with Crippen molar-refractivity contribution >= 4 is 5.91 Å². The van der Waals surface area contributed by atoms with E-state index in [9.17, 15) is 4.79 Å². The van der Waals surface area contributed by atoms with Gasteiger partial charge in [-0.2, -0.15) is 5.26 Å². The van der Waals surface area contributed by atoms with Gasteiger partial charge in [-0.05, 0) is 63.3 Å². The monoisotopic (exact) mass is 351 g/mol. The summed E-state index contributed by atoms with van der Waals surface area (Å²) >= 11 is 0. The van der Waals surface area contributed by atoms with Crippen molar-refractivity contribution in [1.29, 1.82) is 5.26 Å². The summed E-state index contributed by atoms with van der Waals surface area (Å²) in [5, 5.41) is 11.7. The molecule has 0 unspecified atom stereocenters. The Balaban J connectivity index is 1.91. The Kier molecular flexibility index (Phi) is 6.37. The Labute approximate surface area is 155 Å². The summed E-state index contributed by atoms with van der Waals surface area (Å²) in [7, 11) is 4.06. The van der Waals surface area contributed by atoms with Crippen LogP contribution in [0.4, 0.5) is 0 Å². The van der Waals surface area contributed by atoms with E-state index in [0.717, 1.165) is 12.1 Å². The molecule has 0 aromatic heterocycles. The van der Waals surface area contributed by atoms with E-state index in [1.54, 1.807) is 38.1 Å². The predicted octanol–water partition coefficient (Wildman–Crippen LogP) is 3.09. The van der Waals surface area contributed by atoms with Gasteiger partial charge in [0.15, 0.2) is 5.60 Å². The fourth-order valence-corrected chi connectivity index (χ4v) is 2.46. The van der Waals surface area contributed by atoms with E-state index in [0.29, 0.717) is 17.9 Å². The van der Waals surface area contributed by atoms with E-state index in [4.69, 9.17) is 10.00 Å². The summed E-state index contributed by atoms with van der Waals surface area (Å²) in [4.78, 5) is 14.6. The highest BCUT2D eigenvalue weighted by Gasteiger charge is 2.29. The zero-order chi connectivity index (χ0) is 19.2. The summed E-state index contributed by atoms with van der Waals surface area (Å²) in [5.74, 6) is 0.358. The van der Waals surface area contributed by atoms with Gasteiger partial charge in [-0.3, -0.25) is 4.79 Å². The van der Waals surface area contributed by atoms with Crippen LogP contribution in [0.15, 0.2) is 48.5 Å². The van der Waals surface area contributed by atoms with Crippen LogP contribution in [0.1, 0.15) is 30.5 Å². The molecule has 2 rings (SSSR count). The van der Waals surface area contributed by atoms with Gasteiger partial charge in [-0.1, -0.05) is 24.3 Å². The molecule has 5 nitrogen and oxygen atoms in total. The molecule has 0 saturated heterocycles. The molecule has 136 valence electrons. The topological polar surface area (TPSA) is 65.4 Å². The van der Waals surface area contributed by atoms with Gasteiger partial charge in [-0.15, -0.1) is 0 Å². The number of rotatable bonds is 7. The molecular weight excluding hydrogens is 326 g/mol. The molecule has 0 fully saturated rings. The summed E-state index contributed by atoms with van der Waals surface area (Å²) < 4.78 is 5.79. The number of carbonyl (C=O) groups is 1. The number of nitriles is 1. The molecule has 0 aliphatic carbocycles. The van der Waals surface area contributed by atoms with E-state index in [-0.39, 0.29) is 5.91 Å². The number of hydrogen-bond donors (Lipinski definition) is 1. The lowest BCUT2D eigenvalue weighted by Crippen LogP contribution is -2.46. The number of carbonyl (C=O) groups excluding carboxylic acids is 1. The average molecular weight is 351 g/mol. The Morgan fingerprint density at radius 3 is 2.19 bits per heavy atom. The van der Waals surface area contributed by atoms with Crippen molar-refractivity contribution in [3.05, 3.63) is 65.2 Å². The van der Waals surface area contributed by atoms with Crippen molar-refractivity contribution in [2.24, 2.45) is 0 Å². The summed E-state index contributed by atoms with van der Waals surface area (Å²) in [6, 6.07) is 17.0. The third-order valence-corrected chi connectivity index (χ3v) is 3.88. The highest BCUT2D eigenvalue weighted by atomic mass is 16.5. The van der Waals surface area contributed by atoms with E-state index < -0.39 is 5.60 Å². The van der Waals surface area contributed by atoms with E-state index in [1.807, 2.05) is 26.2 Å². The van der Waals surface area contributed by atoms with Crippen molar-refractivity contribution in [2.45, 2.75) is 32.5 Å². The highest BCUT2D eigenvalue weighted by molar-refractivity contribution is 5.84. The first-order chi connectivity index (χ1) is 12.3. The second-order valence-electron chi connectivity index (χ2n) is 6.99. The molecular formula is C21H25N3O2. The molecule has 0 saturated carbocycles. The molecule has 0 spiro atoms. The molecule has 0 heterocycles. The van der Waals surface area contributed by atoms with E-state index >= 15 is 0 Å². The first-order valence-electron chi connectivity index (χ1n) is 8.50. The molecule has 2 aromatic carbocycles. The Bertz CT molecular complexity index is 772. The Morgan fingerprint density at radius 1 is 1.08 bits per heavy atom. The lowest BCUT2D eigenvalue weighted by atomic mass is 10.1. The van der Waals surface area contributed by atoms with E-state index in [1.165, 1.54) is 5.56 Å². The molecule has 5 heteroatoms. The van der Waals surface area contributed by atoms with Gasteiger partial charge in [0.1, 0.15) is 5.75 Å². The minimum Gasteiger partial charge on any atom is -0.478 e. The third kappa shape index (κ3) is 5.61. The fourth-order valence-electron chi connectivity index (χ4n) is 2.46. The van der Waals surface area contributed by atoms with Crippen LogP contribution < -0.4 is 10.1 Å². The van der Waals surface area contributed by atoms with Crippen molar-refractivity contribution in [2.75, 3.05) is 14.1 Å². The molecule has 0 bridgehead atoms. The molecule has 2 aromatic rings. The van der Waals surface area contributed by atoms with E-state index in [2.05, 4.69) is 28.4 Å². The maximum Gasteiger partial charge on any atom is 0.263 e. The SMILES string of the molecule is CN(C)Cc1ccc(CNC(=O)C(C)(C)Oc2ccc(C#N)cc2)cc1. The van der Waals surface area contributed by atoms with Gasteiger partial charge in [0.2, 0.25) is 0 Å². The van der Waals surface area contributed by atoms with Crippen LogP contribution in [0.5, 0.6) is 5.75 Å². The molecule has 1 amide bonds. The van der Waals surface area contributed by atoms with Gasteiger partial charge >= 0.3 is 0 Å². The van der Waals surface area contributed by atoms with Gasteiger partial charge < -0.3 is 15.0 Å². The lowest BCUT2D eigenvalue weighted by Gasteiger charge is -2.25. The minimum absolute atomic E-state index is 0.195. The summed E-state index contributed by atoms with van der Waals surface area (Å²) in [5.41, 5.74) is 1.81. The van der Waals surface area contributed by atoms with Gasteiger partial charge in [0.05, 0.1) is 11.6 Å². The van der Waals surface area contributed by atoms with Crippen LogP contribution in [0.3, 0.4) is 0 Å². The van der Waals surface area contributed by atoms with Crippen molar-refractivity contribution in [3.63, 3.8) is 0 Å². The maximum absolute atomic E-state index is 12.5. The fraction of sp³-hybridized carbons (Fsp3) is 0.333. The average Bonchev–Trinajstić information content (AvgIpc) is 2.60. The number of amides is 1. The van der Waals surface area contributed by atoms with Gasteiger partial charge in [0.25, 0.3) is 5.91 Å². The molecule has 0 radical (unpaired) electrons. The smallest absolute Gasteiger partial charge is 0.263 e. The molecule has 26 heavy (non-hydrogen) atoms. The second kappa shape index (κ2) is 8.50. The van der Waals surface area contributed by atoms with Crippen LogP contribution >= 0.6 is 0 Å². The summed E-state index contributed by atoms with van der Waals surface area (Å²) in [6.45, 7) is 4.78. The van der Waals surface area contributed by atoms with Crippen LogP contribution in [-0.4, -0.2) is 30.5 Å². The number of nitrogens with one attached hydrogen (secondary N) is 1. The molecule has 0 aliphatic rings. The standard InChI is InChI=1S/C21H25N3O2/c1-21(2,26-19-11-9-16(13-22)10-12-19)20(25)23-14-17-5-7-18(8-6-17)15-24(3)4/h5-12H,14-15H2,1-4H3,(H,23,25). The largest absolute Gasteiger partial charge is 0.478 e. The molecule has 0 aliphatic heterocycles. The zero-order valence-corrected chi connectivity index (χ0v) is 15.7. The Morgan fingerprint density at radius 2 is 1.65 bits per heavy atom. The third-order valence-electron chi connectivity index (χ3n) is 3.88. The van der Waals surface area contributed by atoms with Crippen LogP contribution in [-0.2, 0) is 17.9 Å². The maximum atomic E-state index is 12.5.